The number of hydrogen-bond donors (Lipinski definition) is 7. The topological polar surface area (TPSA) is 220 Å². The first-order valence-corrected chi connectivity index (χ1v) is 10.0. The number of H-pyrrole nitrogens is 1. The van der Waals surface area contributed by atoms with Gasteiger partial charge in [0, 0.05) is 6.42 Å². The van der Waals surface area contributed by atoms with E-state index >= 15 is 0 Å². The van der Waals surface area contributed by atoms with Crippen molar-refractivity contribution in [2.24, 2.45) is 0 Å². The van der Waals surface area contributed by atoms with E-state index in [1.54, 1.807) is 6.07 Å². The van der Waals surface area contributed by atoms with Crippen molar-refractivity contribution in [3.05, 3.63) is 45.2 Å². The number of carboxylic acid groups (broad SMARTS) is 2. The summed E-state index contributed by atoms with van der Waals surface area (Å²) in [4.78, 5) is 53.2. The molecule has 2 aliphatic heterocycles. The molecule has 0 radical (unpaired) electrons. The van der Waals surface area contributed by atoms with Crippen LogP contribution in [0.4, 0.5) is 11.8 Å². The van der Waals surface area contributed by atoms with Crippen molar-refractivity contribution < 1.29 is 34.4 Å². The summed E-state index contributed by atoms with van der Waals surface area (Å²) in [5.74, 6) is -3.41. The number of epoxide rings is 1. The van der Waals surface area contributed by atoms with E-state index in [1.165, 1.54) is 12.1 Å². The molecule has 33 heavy (non-hydrogen) atoms. The van der Waals surface area contributed by atoms with Crippen LogP contribution in [0.5, 0.6) is 5.75 Å². The summed E-state index contributed by atoms with van der Waals surface area (Å²) in [7, 11) is 0. The van der Waals surface area contributed by atoms with Crippen molar-refractivity contribution in [2.75, 3.05) is 11.1 Å². The summed E-state index contributed by atoms with van der Waals surface area (Å²) < 4.78 is 5.67. The lowest BCUT2D eigenvalue weighted by Crippen LogP contribution is -2.41. The van der Waals surface area contributed by atoms with Gasteiger partial charge in [0.1, 0.15) is 23.2 Å². The number of anilines is 2. The average molecular weight is 459 g/mol. The molecule has 2 aliphatic rings. The van der Waals surface area contributed by atoms with Crippen LogP contribution < -0.4 is 21.9 Å². The number of ether oxygens (including phenoxy) is 1. The molecule has 2 aromatic rings. The molecule has 0 spiro atoms. The molecule has 1 amide bonds. The lowest BCUT2D eigenvalue weighted by molar-refractivity contribution is -0.140. The molecular formula is C20H21N5O8. The van der Waals surface area contributed by atoms with E-state index in [-0.39, 0.29) is 23.7 Å². The number of aromatic hydroxyl groups is 1. The Morgan fingerprint density at radius 3 is 2.73 bits per heavy atom. The van der Waals surface area contributed by atoms with Gasteiger partial charge >= 0.3 is 11.9 Å². The van der Waals surface area contributed by atoms with Crippen molar-refractivity contribution >= 4 is 29.6 Å². The Bertz CT molecular complexity index is 1210. The largest absolute Gasteiger partial charge is 0.507 e. The first-order chi connectivity index (χ1) is 15.6. The van der Waals surface area contributed by atoms with Gasteiger partial charge in [-0.3, -0.25) is 19.4 Å². The predicted molar refractivity (Wildman–Crippen MR) is 112 cm³/mol. The van der Waals surface area contributed by atoms with Crippen LogP contribution in [0.25, 0.3) is 0 Å². The van der Waals surface area contributed by atoms with Crippen molar-refractivity contribution in [1.29, 1.82) is 0 Å². The molecule has 1 aromatic carbocycles. The Morgan fingerprint density at radius 1 is 1.30 bits per heavy atom. The van der Waals surface area contributed by atoms with Crippen LogP contribution >= 0.6 is 0 Å². The van der Waals surface area contributed by atoms with Crippen LogP contribution in [0.1, 0.15) is 40.7 Å². The Hall–Kier alpha value is -4.13. The molecule has 1 aromatic heterocycles. The fourth-order valence-corrected chi connectivity index (χ4v) is 3.96. The molecule has 3 atom stereocenters. The zero-order chi connectivity index (χ0) is 23.9. The third-order valence-electron chi connectivity index (χ3n) is 5.67. The van der Waals surface area contributed by atoms with E-state index in [0.29, 0.717) is 29.8 Å². The van der Waals surface area contributed by atoms with Gasteiger partial charge in [-0.15, -0.1) is 0 Å². The number of aliphatic carboxylic acids is 2. The van der Waals surface area contributed by atoms with E-state index in [2.05, 4.69) is 20.6 Å². The number of carboxylic acids is 2. The quantitative estimate of drug-likeness (QED) is 0.242. The van der Waals surface area contributed by atoms with Crippen LogP contribution in [-0.4, -0.2) is 55.4 Å². The number of carbonyl (C=O) groups excluding carboxylic acids is 1. The summed E-state index contributed by atoms with van der Waals surface area (Å²) in [5, 5.41) is 33.4. The number of fused-ring (bicyclic) bond motifs is 3. The highest BCUT2D eigenvalue weighted by Gasteiger charge is 2.65. The molecule has 1 saturated heterocycles. The van der Waals surface area contributed by atoms with Gasteiger partial charge in [-0.05, 0) is 37.0 Å². The maximum atomic E-state index is 12.4. The van der Waals surface area contributed by atoms with Gasteiger partial charge < -0.3 is 36.4 Å². The molecule has 3 heterocycles. The van der Waals surface area contributed by atoms with Crippen molar-refractivity contribution in [2.45, 2.75) is 43.6 Å². The number of nitrogens with zero attached hydrogens (tertiary/aromatic N) is 1. The number of phenols is 1. The minimum absolute atomic E-state index is 0.00501. The number of nitrogen functional groups attached to an aromatic ring is 1. The van der Waals surface area contributed by atoms with Crippen LogP contribution in [0, 0.1) is 0 Å². The standard InChI is InChI=1S/C20H21N5O8/c21-19-24-14-13(16(30)25-19)20(18(23-14)33-20)6-5-8-1-2-9(11(26)7-8)15(29)22-10(17(31)32)3-4-12(27)28/h1-2,7,10,18,26H,3-6H2,(H,22,29)(H,27,28)(H,31,32)(H4,21,23,24,25,30)/t10-,18?,20?/m1/s1. The highest BCUT2D eigenvalue weighted by Crippen LogP contribution is 2.55. The van der Waals surface area contributed by atoms with Crippen molar-refractivity contribution in [3.8, 4) is 5.75 Å². The molecule has 0 aliphatic carbocycles. The zero-order valence-electron chi connectivity index (χ0n) is 17.1. The van der Waals surface area contributed by atoms with E-state index in [4.69, 9.17) is 15.6 Å². The third-order valence-corrected chi connectivity index (χ3v) is 5.67. The van der Waals surface area contributed by atoms with Gasteiger partial charge in [0.15, 0.2) is 6.23 Å². The molecule has 0 bridgehead atoms. The van der Waals surface area contributed by atoms with Gasteiger partial charge in [0.2, 0.25) is 5.95 Å². The van der Waals surface area contributed by atoms with Gasteiger partial charge in [-0.25, -0.2) is 4.79 Å². The number of phenolic OH excluding ortho intramolecular Hbond substituents is 1. The molecule has 8 N–H and O–H groups in total. The van der Waals surface area contributed by atoms with Crippen LogP contribution in [0.3, 0.4) is 0 Å². The lowest BCUT2D eigenvalue weighted by Gasteiger charge is -2.15. The number of amides is 1. The molecule has 13 nitrogen and oxygen atoms in total. The Kier molecular flexibility index (Phi) is 5.41. The minimum Gasteiger partial charge on any atom is -0.507 e. The fraction of sp³-hybridized carbons (Fsp3) is 0.350. The highest BCUT2D eigenvalue weighted by molar-refractivity contribution is 5.99. The zero-order valence-corrected chi connectivity index (χ0v) is 17.1. The van der Waals surface area contributed by atoms with Crippen molar-refractivity contribution in [1.82, 2.24) is 15.3 Å². The van der Waals surface area contributed by atoms with Gasteiger partial charge in [-0.1, -0.05) is 6.07 Å². The number of rotatable bonds is 9. The van der Waals surface area contributed by atoms with Gasteiger partial charge in [0.25, 0.3) is 11.5 Å². The molecular weight excluding hydrogens is 438 g/mol. The summed E-state index contributed by atoms with van der Waals surface area (Å²) in [6.45, 7) is 0. The Morgan fingerprint density at radius 2 is 2.06 bits per heavy atom. The number of nitrogens with one attached hydrogen (secondary N) is 3. The summed E-state index contributed by atoms with van der Waals surface area (Å²) in [5.41, 5.74) is 5.19. The molecule has 174 valence electrons. The minimum atomic E-state index is -1.41. The monoisotopic (exact) mass is 459 g/mol. The predicted octanol–water partition coefficient (Wildman–Crippen LogP) is -0.285. The van der Waals surface area contributed by atoms with E-state index in [0.717, 1.165) is 0 Å². The lowest BCUT2D eigenvalue weighted by atomic mass is 9.94. The van der Waals surface area contributed by atoms with Crippen molar-refractivity contribution in [3.63, 3.8) is 0 Å². The first kappa shape index (κ1) is 22.1. The Labute approximate surface area is 185 Å². The van der Waals surface area contributed by atoms with Crippen LogP contribution in [0.15, 0.2) is 23.0 Å². The second-order valence-electron chi connectivity index (χ2n) is 7.85. The highest BCUT2D eigenvalue weighted by atomic mass is 16.6. The van der Waals surface area contributed by atoms with Gasteiger partial charge in [0.05, 0.1) is 11.1 Å². The number of carbonyl (C=O) groups is 3. The molecule has 13 heteroatoms. The number of aromatic nitrogens is 2. The molecule has 2 unspecified atom stereocenters. The summed E-state index contributed by atoms with van der Waals surface area (Å²) in [6.07, 6.45) is -0.343. The maximum absolute atomic E-state index is 12.4. The van der Waals surface area contributed by atoms with Crippen LogP contribution in [0.2, 0.25) is 0 Å². The number of aromatic amines is 1. The summed E-state index contributed by atoms with van der Waals surface area (Å²) >= 11 is 0. The number of benzene rings is 1. The summed E-state index contributed by atoms with van der Waals surface area (Å²) in [6, 6.07) is 2.88. The average Bonchev–Trinajstić information content (AvgIpc) is 3.32. The normalized spacial score (nSPS) is 20.8. The smallest absolute Gasteiger partial charge is 0.326 e. The Balaban J connectivity index is 1.43. The molecule has 1 fully saturated rings. The second kappa shape index (κ2) is 8.09. The number of hydrogen-bond acceptors (Lipinski definition) is 9. The van der Waals surface area contributed by atoms with Crippen LogP contribution in [-0.2, 0) is 26.3 Å². The third kappa shape index (κ3) is 4.17. The SMILES string of the molecule is Nc1nc2c(c(=O)[nH]1)C1(CCc3ccc(C(=O)N[C@H](CCC(=O)O)C(=O)O)c(O)c3)OC1N2. The van der Waals surface area contributed by atoms with E-state index in [9.17, 15) is 29.4 Å². The number of aryl methyl sites for hydroxylation is 1. The first-order valence-electron chi connectivity index (χ1n) is 10.0. The second-order valence-corrected chi connectivity index (χ2v) is 7.85. The van der Waals surface area contributed by atoms with E-state index < -0.39 is 47.7 Å². The molecule has 0 saturated carbocycles. The maximum Gasteiger partial charge on any atom is 0.326 e. The van der Waals surface area contributed by atoms with E-state index in [1.807, 2.05) is 0 Å². The molecule has 4 rings (SSSR count). The van der Waals surface area contributed by atoms with Gasteiger partial charge in [-0.2, -0.15) is 4.98 Å². The number of nitrogens with two attached hydrogens (primary N) is 1. The fourth-order valence-electron chi connectivity index (χ4n) is 3.96.